The second-order valence-corrected chi connectivity index (χ2v) is 7.57. The van der Waals surface area contributed by atoms with Crippen molar-refractivity contribution in [2.45, 2.75) is 52.7 Å². The molecule has 0 bridgehead atoms. The van der Waals surface area contributed by atoms with E-state index in [4.69, 9.17) is 16.3 Å². The first kappa shape index (κ1) is 16.3. The van der Waals surface area contributed by atoms with Crippen LogP contribution in [-0.2, 0) is 11.2 Å². The SMILES string of the molecule is Cc1cc(Cl)sc1C[C@H](C)N(C)C(=O)OC(C)(C)C. The molecule has 0 aliphatic carbocycles. The Balaban J connectivity index is 2.65. The lowest BCUT2D eigenvalue weighted by atomic mass is 10.1. The van der Waals surface area contributed by atoms with E-state index < -0.39 is 5.60 Å². The smallest absolute Gasteiger partial charge is 0.410 e. The molecule has 5 heteroatoms. The molecule has 1 aromatic heterocycles. The first-order valence-electron chi connectivity index (χ1n) is 6.31. The van der Waals surface area contributed by atoms with Crippen LogP contribution in [0.3, 0.4) is 0 Å². The molecule has 1 rings (SSSR count). The van der Waals surface area contributed by atoms with Crippen LogP contribution >= 0.6 is 22.9 Å². The molecule has 1 atom stereocenters. The molecule has 1 heterocycles. The monoisotopic (exact) mass is 303 g/mol. The van der Waals surface area contributed by atoms with E-state index in [9.17, 15) is 4.79 Å². The molecular weight excluding hydrogens is 282 g/mol. The van der Waals surface area contributed by atoms with Crippen LogP contribution in [-0.4, -0.2) is 29.7 Å². The van der Waals surface area contributed by atoms with Crippen LogP contribution in [0, 0.1) is 6.92 Å². The maximum atomic E-state index is 12.0. The molecule has 0 N–H and O–H groups in total. The lowest BCUT2D eigenvalue weighted by Gasteiger charge is -2.28. The summed E-state index contributed by atoms with van der Waals surface area (Å²) in [6.45, 7) is 9.65. The van der Waals surface area contributed by atoms with E-state index in [1.54, 1.807) is 23.3 Å². The van der Waals surface area contributed by atoms with Crippen molar-refractivity contribution in [1.82, 2.24) is 4.90 Å². The van der Waals surface area contributed by atoms with Gasteiger partial charge in [-0.3, -0.25) is 0 Å². The molecule has 0 aromatic carbocycles. The molecule has 0 saturated heterocycles. The molecule has 0 unspecified atom stereocenters. The quantitative estimate of drug-likeness (QED) is 0.822. The van der Waals surface area contributed by atoms with Crippen molar-refractivity contribution in [3.63, 3.8) is 0 Å². The van der Waals surface area contributed by atoms with Gasteiger partial charge in [-0.1, -0.05) is 11.6 Å². The minimum Gasteiger partial charge on any atom is -0.444 e. The molecule has 0 radical (unpaired) electrons. The van der Waals surface area contributed by atoms with Crippen molar-refractivity contribution in [3.05, 3.63) is 20.8 Å². The number of rotatable bonds is 3. The number of halogens is 1. The van der Waals surface area contributed by atoms with Gasteiger partial charge < -0.3 is 9.64 Å². The normalized spacial score (nSPS) is 13.2. The Bertz CT molecular complexity index is 451. The second kappa shape index (κ2) is 6.14. The molecule has 19 heavy (non-hydrogen) atoms. The number of ether oxygens (including phenoxy) is 1. The van der Waals surface area contributed by atoms with Gasteiger partial charge >= 0.3 is 6.09 Å². The fraction of sp³-hybridized carbons (Fsp3) is 0.643. The topological polar surface area (TPSA) is 29.5 Å². The number of hydrogen-bond acceptors (Lipinski definition) is 3. The highest BCUT2D eigenvalue weighted by Crippen LogP contribution is 2.28. The van der Waals surface area contributed by atoms with Crippen LogP contribution in [0.25, 0.3) is 0 Å². The highest BCUT2D eigenvalue weighted by Gasteiger charge is 2.23. The van der Waals surface area contributed by atoms with Gasteiger partial charge in [0, 0.05) is 24.4 Å². The number of aryl methyl sites for hydroxylation is 1. The lowest BCUT2D eigenvalue weighted by molar-refractivity contribution is 0.0236. The summed E-state index contributed by atoms with van der Waals surface area (Å²) < 4.78 is 6.15. The summed E-state index contributed by atoms with van der Waals surface area (Å²) in [4.78, 5) is 14.8. The number of amides is 1. The van der Waals surface area contributed by atoms with E-state index in [0.717, 1.165) is 10.8 Å². The molecule has 1 aromatic rings. The highest BCUT2D eigenvalue weighted by atomic mass is 35.5. The molecule has 3 nitrogen and oxygen atoms in total. The zero-order valence-corrected chi connectivity index (χ0v) is 14.0. The summed E-state index contributed by atoms with van der Waals surface area (Å²) in [5.74, 6) is 0. The average Bonchev–Trinajstić information content (AvgIpc) is 2.53. The number of hydrogen-bond donors (Lipinski definition) is 0. The van der Waals surface area contributed by atoms with Gasteiger partial charge in [0.1, 0.15) is 5.60 Å². The van der Waals surface area contributed by atoms with Crippen molar-refractivity contribution in [3.8, 4) is 0 Å². The fourth-order valence-electron chi connectivity index (χ4n) is 1.60. The second-order valence-electron chi connectivity index (χ2n) is 5.80. The van der Waals surface area contributed by atoms with Gasteiger partial charge in [-0.25, -0.2) is 4.79 Å². The molecule has 0 saturated carbocycles. The number of carbonyl (C=O) groups excluding carboxylic acids is 1. The van der Waals surface area contributed by atoms with Gasteiger partial charge in [0.25, 0.3) is 0 Å². The van der Waals surface area contributed by atoms with Crippen LogP contribution in [0.15, 0.2) is 6.07 Å². The molecule has 0 fully saturated rings. The summed E-state index contributed by atoms with van der Waals surface area (Å²) in [5.41, 5.74) is 0.715. The van der Waals surface area contributed by atoms with Gasteiger partial charge in [0.2, 0.25) is 0 Å². The molecule has 0 spiro atoms. The van der Waals surface area contributed by atoms with Gasteiger partial charge in [-0.2, -0.15) is 0 Å². The van der Waals surface area contributed by atoms with Crippen LogP contribution in [0.4, 0.5) is 4.79 Å². The standard InChI is InChI=1S/C14H22ClNO2S/c1-9-7-12(15)19-11(9)8-10(2)16(6)13(17)18-14(3,4)5/h7,10H,8H2,1-6H3/t10-/m0/s1. The largest absolute Gasteiger partial charge is 0.444 e. The molecular formula is C14H22ClNO2S. The maximum Gasteiger partial charge on any atom is 0.410 e. The summed E-state index contributed by atoms with van der Waals surface area (Å²) in [6.07, 6.45) is 0.499. The Morgan fingerprint density at radius 1 is 1.53 bits per heavy atom. The lowest BCUT2D eigenvalue weighted by Crippen LogP contribution is -2.40. The van der Waals surface area contributed by atoms with E-state index in [-0.39, 0.29) is 12.1 Å². The maximum absolute atomic E-state index is 12.0. The summed E-state index contributed by atoms with van der Waals surface area (Å²) >= 11 is 7.56. The van der Waals surface area contributed by atoms with E-state index in [1.165, 1.54) is 10.4 Å². The van der Waals surface area contributed by atoms with Crippen LogP contribution < -0.4 is 0 Å². The van der Waals surface area contributed by atoms with Crippen molar-refractivity contribution >= 4 is 29.0 Å². The predicted molar refractivity (Wildman–Crippen MR) is 81.2 cm³/mol. The van der Waals surface area contributed by atoms with E-state index in [0.29, 0.717) is 0 Å². The Kier molecular flexibility index (Phi) is 5.27. The first-order valence-corrected chi connectivity index (χ1v) is 7.50. The number of nitrogens with zero attached hydrogens (tertiary/aromatic N) is 1. The zero-order valence-electron chi connectivity index (χ0n) is 12.4. The first-order chi connectivity index (χ1) is 8.60. The molecule has 108 valence electrons. The van der Waals surface area contributed by atoms with Crippen molar-refractivity contribution in [1.29, 1.82) is 0 Å². The minimum absolute atomic E-state index is 0.0725. The van der Waals surface area contributed by atoms with Gasteiger partial charge in [-0.05, 0) is 46.2 Å². The van der Waals surface area contributed by atoms with Crippen LogP contribution in [0.5, 0.6) is 0 Å². The van der Waals surface area contributed by atoms with Gasteiger partial charge in [0.05, 0.1) is 4.34 Å². The summed E-state index contributed by atoms with van der Waals surface area (Å²) in [6, 6.07) is 2.03. The van der Waals surface area contributed by atoms with E-state index in [1.807, 2.05) is 40.7 Å². The highest BCUT2D eigenvalue weighted by molar-refractivity contribution is 7.16. The third-order valence-electron chi connectivity index (χ3n) is 2.81. The van der Waals surface area contributed by atoms with Crippen molar-refractivity contribution in [2.24, 2.45) is 0 Å². The number of likely N-dealkylation sites (N-methyl/N-ethyl adjacent to an activating group) is 1. The zero-order chi connectivity index (χ0) is 14.8. The fourth-order valence-corrected chi connectivity index (χ4v) is 3.06. The Labute approximate surface area is 124 Å². The van der Waals surface area contributed by atoms with Gasteiger partial charge in [-0.15, -0.1) is 11.3 Å². The summed E-state index contributed by atoms with van der Waals surface area (Å²) in [7, 11) is 1.77. The Morgan fingerprint density at radius 3 is 2.53 bits per heavy atom. The van der Waals surface area contributed by atoms with Crippen LogP contribution in [0.2, 0.25) is 4.34 Å². The Morgan fingerprint density at radius 2 is 2.11 bits per heavy atom. The van der Waals surface area contributed by atoms with E-state index >= 15 is 0 Å². The third-order valence-corrected chi connectivity index (χ3v) is 4.20. The molecule has 1 amide bonds. The predicted octanol–water partition coefficient (Wildman–Crippen LogP) is 4.51. The average molecular weight is 304 g/mol. The van der Waals surface area contributed by atoms with Crippen molar-refractivity contribution < 1.29 is 9.53 Å². The Hall–Kier alpha value is -0.740. The summed E-state index contributed by atoms with van der Waals surface area (Å²) in [5, 5.41) is 0. The third kappa shape index (κ3) is 5.03. The molecule has 0 aliphatic rings. The molecule has 0 aliphatic heterocycles. The van der Waals surface area contributed by atoms with Gasteiger partial charge in [0.15, 0.2) is 0 Å². The number of thiophene rings is 1. The van der Waals surface area contributed by atoms with E-state index in [2.05, 4.69) is 0 Å². The van der Waals surface area contributed by atoms with Crippen molar-refractivity contribution in [2.75, 3.05) is 7.05 Å². The number of carbonyl (C=O) groups is 1. The minimum atomic E-state index is -0.465. The van der Waals surface area contributed by atoms with Crippen LogP contribution in [0.1, 0.15) is 38.1 Å².